The Morgan fingerprint density at radius 2 is 2.33 bits per heavy atom. The predicted octanol–water partition coefficient (Wildman–Crippen LogP) is -0.700. The number of aromatic amines is 1. The van der Waals surface area contributed by atoms with E-state index in [0.717, 1.165) is 11.5 Å². The SMILES string of the molecule is Cc1ncc(Cn2cnc(N)nc2=O)[nH]1. The van der Waals surface area contributed by atoms with Crippen LogP contribution in [0.5, 0.6) is 0 Å². The molecule has 2 aromatic heterocycles. The number of H-pyrrole nitrogens is 1. The lowest BCUT2D eigenvalue weighted by Crippen LogP contribution is -2.25. The number of nitrogens with zero attached hydrogens (tertiary/aromatic N) is 4. The summed E-state index contributed by atoms with van der Waals surface area (Å²) in [4.78, 5) is 25.6. The second kappa shape index (κ2) is 3.52. The van der Waals surface area contributed by atoms with Gasteiger partial charge in [-0.1, -0.05) is 0 Å². The number of nitrogen functional groups attached to an aromatic ring is 1. The Balaban J connectivity index is 2.28. The first-order chi connectivity index (χ1) is 7.15. The van der Waals surface area contributed by atoms with Gasteiger partial charge in [0, 0.05) is 0 Å². The molecule has 0 bridgehead atoms. The van der Waals surface area contributed by atoms with Crippen molar-refractivity contribution in [1.29, 1.82) is 0 Å². The number of rotatable bonds is 2. The maximum atomic E-state index is 11.3. The molecule has 0 aliphatic heterocycles. The summed E-state index contributed by atoms with van der Waals surface area (Å²) in [6.07, 6.45) is 3.03. The second-order valence-electron chi connectivity index (χ2n) is 3.12. The van der Waals surface area contributed by atoms with Crippen LogP contribution in [0.25, 0.3) is 0 Å². The first kappa shape index (κ1) is 9.38. The Kier molecular flexibility index (Phi) is 2.20. The number of nitrogens with one attached hydrogen (secondary N) is 1. The van der Waals surface area contributed by atoms with Crippen molar-refractivity contribution in [3.8, 4) is 0 Å². The lowest BCUT2D eigenvalue weighted by molar-refractivity contribution is 0.692. The molecule has 7 heteroatoms. The van der Waals surface area contributed by atoms with Gasteiger partial charge < -0.3 is 10.7 Å². The summed E-state index contributed by atoms with van der Waals surface area (Å²) in [6.45, 7) is 2.20. The predicted molar refractivity (Wildman–Crippen MR) is 53.1 cm³/mol. The molecule has 2 rings (SSSR count). The maximum absolute atomic E-state index is 11.3. The van der Waals surface area contributed by atoms with Gasteiger partial charge >= 0.3 is 5.69 Å². The Labute approximate surface area is 85.0 Å². The van der Waals surface area contributed by atoms with Gasteiger partial charge in [-0.15, -0.1) is 0 Å². The molecule has 0 aliphatic rings. The summed E-state index contributed by atoms with van der Waals surface area (Å²) in [7, 11) is 0. The summed E-state index contributed by atoms with van der Waals surface area (Å²) >= 11 is 0. The van der Waals surface area contributed by atoms with Gasteiger partial charge in [0.25, 0.3) is 0 Å². The molecule has 0 saturated heterocycles. The van der Waals surface area contributed by atoms with Gasteiger partial charge in [-0.3, -0.25) is 4.57 Å². The van der Waals surface area contributed by atoms with Crippen molar-refractivity contribution in [3.05, 3.63) is 34.5 Å². The quantitative estimate of drug-likeness (QED) is 0.676. The Hall–Kier alpha value is -2.18. The van der Waals surface area contributed by atoms with Crippen LogP contribution in [0, 0.1) is 6.92 Å². The summed E-state index contributed by atoms with van der Waals surface area (Å²) in [5.41, 5.74) is 5.67. The van der Waals surface area contributed by atoms with Gasteiger partial charge in [-0.2, -0.15) is 4.98 Å². The molecule has 78 valence electrons. The van der Waals surface area contributed by atoms with Gasteiger partial charge in [0.15, 0.2) is 0 Å². The van der Waals surface area contributed by atoms with E-state index >= 15 is 0 Å². The van der Waals surface area contributed by atoms with Gasteiger partial charge in [0.05, 0.1) is 18.4 Å². The third-order valence-electron chi connectivity index (χ3n) is 1.88. The fraction of sp³-hybridized carbons (Fsp3) is 0.250. The molecule has 0 fully saturated rings. The molecule has 0 amide bonds. The summed E-state index contributed by atoms with van der Waals surface area (Å²) in [5, 5.41) is 0. The van der Waals surface area contributed by atoms with Gasteiger partial charge in [-0.25, -0.2) is 14.8 Å². The molecule has 3 N–H and O–H groups in total. The van der Waals surface area contributed by atoms with E-state index in [1.807, 2.05) is 6.92 Å². The summed E-state index contributed by atoms with van der Waals surface area (Å²) < 4.78 is 1.35. The topological polar surface area (TPSA) is 102 Å². The van der Waals surface area contributed by atoms with Crippen LogP contribution in [0.15, 0.2) is 17.3 Å². The zero-order valence-corrected chi connectivity index (χ0v) is 8.14. The van der Waals surface area contributed by atoms with Gasteiger partial charge in [0.1, 0.15) is 12.2 Å². The maximum Gasteiger partial charge on any atom is 0.352 e. The molecule has 2 heterocycles. The average molecular weight is 206 g/mol. The normalized spacial score (nSPS) is 10.5. The number of hydrogen-bond acceptors (Lipinski definition) is 5. The minimum Gasteiger partial charge on any atom is -0.368 e. The zero-order chi connectivity index (χ0) is 10.8. The van der Waals surface area contributed by atoms with Gasteiger partial charge in [-0.05, 0) is 6.92 Å². The number of hydrogen-bond donors (Lipinski definition) is 2. The molecule has 0 aliphatic carbocycles. The smallest absolute Gasteiger partial charge is 0.352 e. The molecule has 0 saturated carbocycles. The molecule has 15 heavy (non-hydrogen) atoms. The zero-order valence-electron chi connectivity index (χ0n) is 8.14. The minimum atomic E-state index is -0.422. The fourth-order valence-electron chi connectivity index (χ4n) is 1.21. The first-order valence-electron chi connectivity index (χ1n) is 4.34. The number of anilines is 1. The monoisotopic (exact) mass is 206 g/mol. The van der Waals surface area contributed by atoms with Gasteiger partial charge in [0.2, 0.25) is 5.95 Å². The van der Waals surface area contributed by atoms with Crippen molar-refractivity contribution in [1.82, 2.24) is 24.5 Å². The summed E-state index contributed by atoms with van der Waals surface area (Å²) in [6, 6.07) is 0. The lowest BCUT2D eigenvalue weighted by Gasteiger charge is -2.01. The molecule has 0 spiro atoms. The Morgan fingerprint density at radius 3 is 2.93 bits per heavy atom. The third kappa shape index (κ3) is 2.01. The fourth-order valence-corrected chi connectivity index (χ4v) is 1.21. The van der Waals surface area contributed by atoms with Crippen LogP contribution in [0.2, 0.25) is 0 Å². The minimum absolute atomic E-state index is 0.0166. The number of imidazole rings is 1. The van der Waals surface area contributed by atoms with Crippen molar-refractivity contribution < 1.29 is 0 Å². The molecule has 0 aromatic carbocycles. The molecule has 0 atom stereocenters. The standard InChI is InChI=1S/C8H10N6O/c1-5-10-2-6(12-5)3-14-4-11-7(9)13-8(14)15/h2,4H,3H2,1H3,(H,10,12)(H2,9,13,15). The molecule has 7 nitrogen and oxygen atoms in total. The van der Waals surface area contributed by atoms with Crippen LogP contribution in [0.3, 0.4) is 0 Å². The van der Waals surface area contributed by atoms with Crippen LogP contribution >= 0.6 is 0 Å². The lowest BCUT2D eigenvalue weighted by atomic mass is 10.5. The van der Waals surface area contributed by atoms with Crippen LogP contribution < -0.4 is 11.4 Å². The van der Waals surface area contributed by atoms with E-state index in [2.05, 4.69) is 19.9 Å². The van der Waals surface area contributed by atoms with Crippen LogP contribution in [-0.4, -0.2) is 24.5 Å². The molecular formula is C8H10N6O. The van der Waals surface area contributed by atoms with Crippen molar-refractivity contribution in [2.45, 2.75) is 13.5 Å². The van der Waals surface area contributed by atoms with E-state index in [-0.39, 0.29) is 5.95 Å². The largest absolute Gasteiger partial charge is 0.368 e. The Bertz CT molecular complexity index is 528. The van der Waals surface area contributed by atoms with E-state index in [9.17, 15) is 4.79 Å². The first-order valence-corrected chi connectivity index (χ1v) is 4.34. The third-order valence-corrected chi connectivity index (χ3v) is 1.88. The molecule has 0 unspecified atom stereocenters. The van der Waals surface area contributed by atoms with Crippen molar-refractivity contribution >= 4 is 5.95 Å². The Morgan fingerprint density at radius 1 is 1.53 bits per heavy atom. The number of aryl methyl sites for hydroxylation is 1. The van der Waals surface area contributed by atoms with Crippen molar-refractivity contribution in [2.75, 3.05) is 5.73 Å². The average Bonchev–Trinajstić information content (AvgIpc) is 2.56. The molecular weight excluding hydrogens is 196 g/mol. The molecule has 2 aromatic rings. The van der Waals surface area contributed by atoms with Crippen LogP contribution in [0.1, 0.15) is 11.5 Å². The highest BCUT2D eigenvalue weighted by atomic mass is 16.1. The van der Waals surface area contributed by atoms with E-state index in [1.165, 1.54) is 10.9 Å². The number of aromatic nitrogens is 5. The van der Waals surface area contributed by atoms with Crippen LogP contribution in [0.4, 0.5) is 5.95 Å². The highest BCUT2D eigenvalue weighted by molar-refractivity contribution is 5.10. The summed E-state index contributed by atoms with van der Waals surface area (Å²) in [5.74, 6) is 0.784. The van der Waals surface area contributed by atoms with E-state index in [1.54, 1.807) is 6.20 Å². The second-order valence-corrected chi connectivity index (χ2v) is 3.12. The number of nitrogens with two attached hydrogens (primary N) is 1. The van der Waals surface area contributed by atoms with E-state index < -0.39 is 5.69 Å². The van der Waals surface area contributed by atoms with E-state index in [0.29, 0.717) is 6.54 Å². The highest BCUT2D eigenvalue weighted by Gasteiger charge is 2.02. The highest BCUT2D eigenvalue weighted by Crippen LogP contribution is 1.97. The van der Waals surface area contributed by atoms with Crippen molar-refractivity contribution in [2.24, 2.45) is 0 Å². The van der Waals surface area contributed by atoms with E-state index in [4.69, 9.17) is 5.73 Å². The molecule has 0 radical (unpaired) electrons. The van der Waals surface area contributed by atoms with Crippen LogP contribution in [-0.2, 0) is 6.54 Å². The van der Waals surface area contributed by atoms with Crippen molar-refractivity contribution in [3.63, 3.8) is 0 Å².